The number of nitrogens with zero attached hydrogens (tertiary/aromatic N) is 2. The first kappa shape index (κ1) is 18.8. The van der Waals surface area contributed by atoms with Gasteiger partial charge in [0.1, 0.15) is 0 Å². The molecule has 0 unspecified atom stereocenters. The number of nitrogens with one attached hydrogen (secondary N) is 1. The minimum atomic E-state index is -0.279. The van der Waals surface area contributed by atoms with Crippen molar-refractivity contribution in [1.29, 1.82) is 0 Å². The van der Waals surface area contributed by atoms with Gasteiger partial charge in [-0.3, -0.25) is 9.59 Å². The molecule has 2 aromatic rings. The van der Waals surface area contributed by atoms with Crippen LogP contribution in [0.5, 0.6) is 0 Å². The SMILES string of the molecule is O=C(Nc1ccc(N2CCCC2)c(C(=O)N2CCCC2)c1)c1ccccc1Cl. The van der Waals surface area contributed by atoms with Gasteiger partial charge in [0.15, 0.2) is 0 Å². The number of rotatable bonds is 4. The number of benzene rings is 2. The van der Waals surface area contributed by atoms with E-state index in [9.17, 15) is 9.59 Å². The molecule has 0 radical (unpaired) electrons. The second kappa shape index (κ2) is 8.23. The smallest absolute Gasteiger partial charge is 0.257 e. The maximum atomic E-state index is 13.2. The summed E-state index contributed by atoms with van der Waals surface area (Å²) >= 11 is 6.14. The molecule has 2 heterocycles. The third kappa shape index (κ3) is 3.85. The van der Waals surface area contributed by atoms with Gasteiger partial charge >= 0.3 is 0 Å². The molecule has 2 aliphatic heterocycles. The molecule has 0 saturated carbocycles. The second-order valence-electron chi connectivity index (χ2n) is 7.36. The number of hydrogen-bond acceptors (Lipinski definition) is 3. The predicted octanol–water partition coefficient (Wildman–Crippen LogP) is 4.43. The molecule has 6 heteroatoms. The average Bonchev–Trinajstić information content (AvgIpc) is 3.42. The summed E-state index contributed by atoms with van der Waals surface area (Å²) in [6.07, 6.45) is 4.38. The third-order valence-electron chi connectivity index (χ3n) is 5.44. The fourth-order valence-electron chi connectivity index (χ4n) is 3.95. The molecule has 28 heavy (non-hydrogen) atoms. The van der Waals surface area contributed by atoms with E-state index in [2.05, 4.69) is 10.2 Å². The van der Waals surface area contributed by atoms with E-state index >= 15 is 0 Å². The number of hydrogen-bond donors (Lipinski definition) is 1. The van der Waals surface area contributed by atoms with Gasteiger partial charge in [-0.2, -0.15) is 0 Å². The number of amides is 2. The van der Waals surface area contributed by atoms with Crippen molar-refractivity contribution in [1.82, 2.24) is 4.90 Å². The number of halogens is 1. The van der Waals surface area contributed by atoms with Crippen LogP contribution in [0.4, 0.5) is 11.4 Å². The van der Waals surface area contributed by atoms with Gasteiger partial charge in [-0.1, -0.05) is 23.7 Å². The minimum Gasteiger partial charge on any atom is -0.371 e. The van der Waals surface area contributed by atoms with E-state index in [1.54, 1.807) is 24.3 Å². The lowest BCUT2D eigenvalue weighted by Gasteiger charge is -2.24. The molecule has 146 valence electrons. The minimum absolute atomic E-state index is 0.0493. The van der Waals surface area contributed by atoms with Gasteiger partial charge in [-0.05, 0) is 56.0 Å². The van der Waals surface area contributed by atoms with E-state index in [0.29, 0.717) is 21.8 Å². The molecule has 2 saturated heterocycles. The molecule has 2 aliphatic rings. The van der Waals surface area contributed by atoms with Crippen LogP contribution < -0.4 is 10.2 Å². The number of anilines is 2. The molecular formula is C22H24ClN3O2. The van der Waals surface area contributed by atoms with Crippen molar-refractivity contribution in [2.75, 3.05) is 36.4 Å². The van der Waals surface area contributed by atoms with Crippen LogP contribution in [0.15, 0.2) is 42.5 Å². The highest BCUT2D eigenvalue weighted by molar-refractivity contribution is 6.34. The van der Waals surface area contributed by atoms with E-state index in [1.165, 1.54) is 0 Å². The van der Waals surface area contributed by atoms with E-state index < -0.39 is 0 Å². The highest BCUT2D eigenvalue weighted by Gasteiger charge is 2.25. The van der Waals surface area contributed by atoms with Crippen molar-refractivity contribution in [2.45, 2.75) is 25.7 Å². The molecule has 2 aromatic carbocycles. The van der Waals surface area contributed by atoms with Gasteiger partial charge in [0.25, 0.3) is 11.8 Å². The van der Waals surface area contributed by atoms with Gasteiger partial charge in [0.05, 0.1) is 16.1 Å². The summed E-state index contributed by atoms with van der Waals surface area (Å²) in [5.74, 6) is -0.229. The Hall–Kier alpha value is -2.53. The van der Waals surface area contributed by atoms with Gasteiger partial charge in [0.2, 0.25) is 0 Å². The molecule has 4 rings (SSSR count). The topological polar surface area (TPSA) is 52.7 Å². The largest absolute Gasteiger partial charge is 0.371 e. The first-order chi connectivity index (χ1) is 13.6. The molecule has 0 spiro atoms. The van der Waals surface area contributed by atoms with Crippen molar-refractivity contribution < 1.29 is 9.59 Å². The van der Waals surface area contributed by atoms with Crippen LogP contribution in [0.25, 0.3) is 0 Å². The molecule has 1 N–H and O–H groups in total. The Morgan fingerprint density at radius 1 is 0.857 bits per heavy atom. The van der Waals surface area contributed by atoms with E-state index in [1.807, 2.05) is 23.1 Å². The molecule has 0 aliphatic carbocycles. The Bertz CT molecular complexity index is 887. The molecule has 2 fully saturated rings. The first-order valence-electron chi connectivity index (χ1n) is 9.87. The molecule has 5 nitrogen and oxygen atoms in total. The lowest BCUT2D eigenvalue weighted by atomic mass is 10.1. The fraction of sp³-hybridized carbons (Fsp3) is 0.364. The van der Waals surface area contributed by atoms with Gasteiger partial charge in [-0.25, -0.2) is 0 Å². The summed E-state index contributed by atoms with van der Waals surface area (Å²) in [4.78, 5) is 29.9. The summed E-state index contributed by atoms with van der Waals surface area (Å²) in [5.41, 5.74) is 2.65. The van der Waals surface area contributed by atoms with Crippen LogP contribution >= 0.6 is 11.6 Å². The Kier molecular flexibility index (Phi) is 5.53. The number of carbonyl (C=O) groups is 2. The molecule has 0 bridgehead atoms. The highest BCUT2D eigenvalue weighted by atomic mass is 35.5. The Morgan fingerprint density at radius 2 is 1.54 bits per heavy atom. The normalized spacial score (nSPS) is 16.5. The van der Waals surface area contributed by atoms with Crippen LogP contribution in [0.1, 0.15) is 46.4 Å². The Labute approximate surface area is 170 Å². The van der Waals surface area contributed by atoms with E-state index in [-0.39, 0.29) is 11.8 Å². The summed E-state index contributed by atoms with van der Waals surface area (Å²) < 4.78 is 0. The van der Waals surface area contributed by atoms with Crippen molar-refractivity contribution >= 4 is 34.8 Å². The van der Waals surface area contributed by atoms with Crippen LogP contribution in [0.2, 0.25) is 5.02 Å². The summed E-state index contributed by atoms with van der Waals surface area (Å²) in [7, 11) is 0. The fourth-order valence-corrected chi connectivity index (χ4v) is 4.17. The van der Waals surface area contributed by atoms with Gasteiger partial charge in [-0.15, -0.1) is 0 Å². The van der Waals surface area contributed by atoms with Crippen LogP contribution in [-0.4, -0.2) is 42.9 Å². The zero-order valence-corrected chi connectivity index (χ0v) is 16.5. The Morgan fingerprint density at radius 3 is 2.25 bits per heavy atom. The molecule has 0 aromatic heterocycles. The zero-order valence-electron chi connectivity index (χ0n) is 15.8. The van der Waals surface area contributed by atoms with Crippen LogP contribution in [0, 0.1) is 0 Å². The third-order valence-corrected chi connectivity index (χ3v) is 5.77. The van der Waals surface area contributed by atoms with E-state index in [4.69, 9.17) is 11.6 Å². The Balaban J connectivity index is 1.63. The quantitative estimate of drug-likeness (QED) is 0.830. The van der Waals surface area contributed by atoms with Crippen molar-refractivity contribution in [3.05, 3.63) is 58.6 Å². The lowest BCUT2D eigenvalue weighted by Crippen LogP contribution is -2.30. The van der Waals surface area contributed by atoms with Gasteiger partial charge in [0, 0.05) is 37.6 Å². The summed E-state index contributed by atoms with van der Waals surface area (Å²) in [6.45, 7) is 3.53. The monoisotopic (exact) mass is 397 g/mol. The average molecular weight is 398 g/mol. The van der Waals surface area contributed by atoms with Crippen LogP contribution in [0.3, 0.4) is 0 Å². The second-order valence-corrected chi connectivity index (χ2v) is 7.77. The maximum absolute atomic E-state index is 13.2. The van der Waals surface area contributed by atoms with Crippen molar-refractivity contribution in [3.63, 3.8) is 0 Å². The standard InChI is InChI=1S/C22H24ClN3O2/c23-19-8-2-1-7-17(19)21(27)24-16-9-10-20(25-11-3-4-12-25)18(15-16)22(28)26-13-5-6-14-26/h1-2,7-10,15H,3-6,11-14H2,(H,24,27). The summed E-state index contributed by atoms with van der Waals surface area (Å²) in [6, 6.07) is 12.6. The van der Waals surface area contributed by atoms with Crippen molar-refractivity contribution in [3.8, 4) is 0 Å². The van der Waals surface area contributed by atoms with Gasteiger partial charge < -0.3 is 15.1 Å². The van der Waals surface area contributed by atoms with E-state index in [0.717, 1.165) is 57.5 Å². The zero-order chi connectivity index (χ0) is 19.5. The first-order valence-corrected chi connectivity index (χ1v) is 10.3. The maximum Gasteiger partial charge on any atom is 0.257 e. The van der Waals surface area contributed by atoms with Crippen LogP contribution in [-0.2, 0) is 0 Å². The summed E-state index contributed by atoms with van der Waals surface area (Å²) in [5, 5.41) is 3.29. The molecule has 2 amide bonds. The highest BCUT2D eigenvalue weighted by Crippen LogP contribution is 2.30. The number of likely N-dealkylation sites (tertiary alicyclic amines) is 1. The van der Waals surface area contributed by atoms with Crippen molar-refractivity contribution in [2.24, 2.45) is 0 Å². The lowest BCUT2D eigenvalue weighted by molar-refractivity contribution is 0.0793. The molecular weight excluding hydrogens is 374 g/mol. The predicted molar refractivity (Wildman–Crippen MR) is 112 cm³/mol. The molecule has 0 atom stereocenters. The number of carbonyl (C=O) groups excluding carboxylic acids is 2.